The standard InChI is InChI=1S/C22H33NO7P2.C18H32O9P2.C18H32O8P2.C18H32O7P2/c1-5-27-31(24,28-6-2)18-22(32(25,29-7-3)30-8-4)19-12-14-21(15-13-19)26-17-20-11-9-10-16-23-20;1-7-24-28(20,25-8-2)13-17(29(21,26-9-3)27-10-4)14-11-15(22-5)18(19)16(12-14)23-6;1-7-23-27(20,24-8-2)13-17(28(21,25-9-3)26-10-4)15-11-14(5)18(19)16(12-15)22-6;1-6-21-17-13-11-16(12-14-17)18(27(20,24-9-4)25-10-5)15-26(19,22-7-2)23-8-3/h9-16,22H,5-8,17-18H2,1-4H3;11-12,17,19H,7-10,13H2,1-6H3;11-12,17,19H,7-10,13H2,1-6H3;11-14,18H,6-10,15H2,1-5H3. The van der Waals surface area contributed by atoms with Crippen molar-refractivity contribution in [1.29, 1.82) is 0 Å². The van der Waals surface area contributed by atoms with E-state index in [-0.39, 0.29) is 159 Å². The van der Waals surface area contributed by atoms with E-state index in [2.05, 4.69) is 4.98 Å². The molecule has 0 amide bonds. The SMILES string of the molecule is CCOP(=O)(CC(c1cc(C)c(O)c(OC)c1)P(=O)(OCC)OCC)OCC.CCOP(=O)(CC(c1cc(OC)c(O)c(OC)c1)P(=O)(OCC)OCC)OCC.CCOP(=O)(CC(c1ccc(OCc2ccccn2)cc1)P(=O)(OCC)OCC)OCC.CCOc1ccc(C(CP(=O)(OCC)OCC)P(=O)(OCC)OCC)cc1. The Hall–Kier alpha value is -4.17. The van der Waals surface area contributed by atoms with Gasteiger partial charge in [-0.05, 0) is 207 Å². The van der Waals surface area contributed by atoms with E-state index < -0.39 is 83.4 Å². The normalized spacial score (nSPS) is 13.4. The molecule has 664 valence electrons. The largest absolute Gasteiger partial charge is 0.504 e. The van der Waals surface area contributed by atoms with Crippen LogP contribution in [-0.2, 0) is 116 Å². The Bertz CT molecular complexity index is 3890. The van der Waals surface area contributed by atoms with E-state index in [1.807, 2.05) is 25.1 Å². The van der Waals surface area contributed by atoms with Crippen LogP contribution in [0.4, 0.5) is 0 Å². The van der Waals surface area contributed by atoms with E-state index in [1.165, 1.54) is 33.5 Å². The smallest absolute Gasteiger partial charge is 0.338 e. The molecule has 0 aliphatic rings. The fourth-order valence-corrected chi connectivity index (χ4v) is 30.6. The molecular formula is C76H129NO31P8. The van der Waals surface area contributed by atoms with Crippen LogP contribution in [-0.4, -0.2) is 173 Å². The first-order chi connectivity index (χ1) is 55.2. The number of phenols is 2. The lowest BCUT2D eigenvalue weighted by atomic mass is 10.1. The number of aromatic hydroxyl groups is 2. The quantitative estimate of drug-likeness (QED) is 0.0341. The Labute approximate surface area is 688 Å². The van der Waals surface area contributed by atoms with Crippen molar-refractivity contribution in [2.75, 3.05) is 158 Å². The molecule has 1 aromatic heterocycles. The average Bonchev–Trinajstić information content (AvgIpc) is 0.793. The number of aryl methyl sites for hydroxylation is 1. The number of rotatable bonds is 56. The van der Waals surface area contributed by atoms with Crippen LogP contribution in [0.2, 0.25) is 0 Å². The van der Waals surface area contributed by atoms with Crippen molar-refractivity contribution in [2.45, 2.75) is 154 Å². The van der Waals surface area contributed by atoms with Crippen molar-refractivity contribution in [3.8, 4) is 40.2 Å². The number of nitrogens with zero attached hydrogens (tertiary/aromatic N) is 1. The van der Waals surface area contributed by atoms with Gasteiger partial charge in [-0.15, -0.1) is 0 Å². The van der Waals surface area contributed by atoms with Gasteiger partial charge in [0.15, 0.2) is 23.0 Å². The van der Waals surface area contributed by atoms with Crippen LogP contribution >= 0.6 is 60.8 Å². The Morgan fingerprint density at radius 3 is 0.793 bits per heavy atom. The summed E-state index contributed by atoms with van der Waals surface area (Å²) in [4.78, 5) is 4.23. The predicted molar refractivity (Wildman–Crippen MR) is 451 cm³/mol. The molecule has 0 fully saturated rings. The molecule has 116 heavy (non-hydrogen) atoms. The molecule has 5 rings (SSSR count). The third-order valence-corrected chi connectivity index (χ3v) is 35.5. The van der Waals surface area contributed by atoms with Crippen molar-refractivity contribution in [3.05, 3.63) is 131 Å². The molecule has 2 N–H and O–H groups in total. The minimum Gasteiger partial charge on any atom is -0.504 e. The van der Waals surface area contributed by atoms with Gasteiger partial charge in [-0.2, -0.15) is 0 Å². The maximum atomic E-state index is 13.7. The highest BCUT2D eigenvalue weighted by Crippen LogP contribution is 2.71. The molecule has 0 aliphatic heterocycles. The molecule has 1 heterocycles. The maximum absolute atomic E-state index is 13.7. The Kier molecular flexibility index (Phi) is 51.9. The van der Waals surface area contributed by atoms with Crippen molar-refractivity contribution in [1.82, 2.24) is 4.98 Å². The fourth-order valence-electron chi connectivity index (χ4n) is 11.5. The summed E-state index contributed by atoms with van der Waals surface area (Å²) in [5.41, 5.74) is -0.0169. The average molecular weight is 1800 g/mol. The number of aromatic nitrogens is 1. The van der Waals surface area contributed by atoms with Crippen molar-refractivity contribution < 1.29 is 143 Å². The van der Waals surface area contributed by atoms with Crippen LogP contribution in [0.25, 0.3) is 0 Å². The summed E-state index contributed by atoms with van der Waals surface area (Å²) in [7, 11) is -24.8. The van der Waals surface area contributed by atoms with Gasteiger partial charge in [-0.1, -0.05) is 36.4 Å². The summed E-state index contributed by atoms with van der Waals surface area (Å²) in [6, 6.07) is 26.0. The van der Waals surface area contributed by atoms with E-state index in [1.54, 1.807) is 185 Å². The van der Waals surface area contributed by atoms with Gasteiger partial charge in [0.05, 0.1) is 187 Å². The Balaban J connectivity index is 0.000000526. The molecule has 5 aromatic rings. The number of phenolic OH excluding ortho intramolecular Hbond substituents is 2. The summed E-state index contributed by atoms with van der Waals surface area (Å²) < 4.78 is 222. The van der Waals surface area contributed by atoms with Gasteiger partial charge < -0.3 is 106 Å². The Morgan fingerprint density at radius 2 is 0.552 bits per heavy atom. The molecule has 32 nitrogen and oxygen atoms in total. The summed E-state index contributed by atoms with van der Waals surface area (Å²) in [6.07, 6.45) is 1.04. The minimum atomic E-state index is -3.80. The zero-order valence-electron chi connectivity index (χ0n) is 71.4. The second-order valence-electron chi connectivity index (χ2n) is 23.9. The zero-order valence-corrected chi connectivity index (χ0v) is 78.5. The third-order valence-electron chi connectivity index (χ3n) is 15.9. The van der Waals surface area contributed by atoms with E-state index in [9.17, 15) is 46.7 Å². The maximum Gasteiger partial charge on any atom is 0.338 e. The third kappa shape index (κ3) is 34.6. The first-order valence-electron chi connectivity index (χ1n) is 39.0. The summed E-state index contributed by atoms with van der Waals surface area (Å²) in [6.45, 7) is 34.8. The van der Waals surface area contributed by atoms with Gasteiger partial charge in [-0.25, -0.2) is 0 Å². The molecule has 4 unspecified atom stereocenters. The predicted octanol–water partition coefficient (Wildman–Crippen LogP) is 22.2. The highest BCUT2D eigenvalue weighted by Gasteiger charge is 2.48. The summed E-state index contributed by atoms with van der Waals surface area (Å²) in [5.74, 6) is 1.50. The molecule has 0 aliphatic carbocycles. The summed E-state index contributed by atoms with van der Waals surface area (Å²) >= 11 is 0. The lowest BCUT2D eigenvalue weighted by molar-refractivity contribution is 0.203. The minimum absolute atomic E-state index is 0.0227. The van der Waals surface area contributed by atoms with Crippen LogP contribution in [0.15, 0.2) is 97.2 Å². The first kappa shape index (κ1) is 108. The van der Waals surface area contributed by atoms with Gasteiger partial charge in [0.25, 0.3) is 0 Å². The van der Waals surface area contributed by atoms with Gasteiger partial charge in [0.2, 0.25) is 5.75 Å². The van der Waals surface area contributed by atoms with E-state index in [4.69, 9.17) is 96.1 Å². The number of hydrogen-bond donors (Lipinski definition) is 2. The number of benzene rings is 4. The molecule has 0 saturated carbocycles. The van der Waals surface area contributed by atoms with Crippen LogP contribution in [0.1, 0.15) is 174 Å². The van der Waals surface area contributed by atoms with Crippen LogP contribution in [0, 0.1) is 6.92 Å². The van der Waals surface area contributed by atoms with Crippen molar-refractivity contribution in [2.24, 2.45) is 0 Å². The number of pyridine rings is 1. The second-order valence-corrected chi connectivity index (χ2v) is 41.2. The highest BCUT2D eigenvalue weighted by atomic mass is 31.2. The van der Waals surface area contributed by atoms with E-state index in [0.717, 1.165) is 5.69 Å². The van der Waals surface area contributed by atoms with Crippen LogP contribution in [0.3, 0.4) is 0 Å². The Morgan fingerprint density at radius 1 is 0.302 bits per heavy atom. The number of methoxy groups -OCH3 is 3. The molecule has 0 saturated heterocycles. The monoisotopic (exact) mass is 1800 g/mol. The first-order valence-corrected chi connectivity index (χ1v) is 52.3. The van der Waals surface area contributed by atoms with Crippen molar-refractivity contribution in [3.63, 3.8) is 0 Å². The molecular weight excluding hydrogens is 1670 g/mol. The lowest BCUT2D eigenvalue weighted by Crippen LogP contribution is -2.14. The molecule has 0 radical (unpaired) electrons. The summed E-state index contributed by atoms with van der Waals surface area (Å²) in [5, 5.41) is 20.4. The lowest BCUT2D eigenvalue weighted by Gasteiger charge is -2.29. The van der Waals surface area contributed by atoms with Crippen LogP contribution in [0.5, 0.6) is 40.2 Å². The molecule has 0 bridgehead atoms. The van der Waals surface area contributed by atoms with E-state index in [0.29, 0.717) is 52.5 Å². The van der Waals surface area contributed by atoms with Gasteiger partial charge in [0.1, 0.15) is 18.1 Å². The molecule has 40 heteroatoms. The fraction of sp³-hybridized carbons (Fsp3) is 0.618. The molecule has 4 aromatic carbocycles. The van der Waals surface area contributed by atoms with E-state index >= 15 is 0 Å². The molecule has 4 atom stereocenters. The zero-order chi connectivity index (χ0) is 87.2. The van der Waals surface area contributed by atoms with Gasteiger partial charge in [-0.3, -0.25) is 41.5 Å². The van der Waals surface area contributed by atoms with Crippen LogP contribution < -0.4 is 23.7 Å². The number of ether oxygens (including phenoxy) is 5. The molecule has 0 spiro atoms. The van der Waals surface area contributed by atoms with Gasteiger partial charge in [0, 0.05) is 6.20 Å². The van der Waals surface area contributed by atoms with Gasteiger partial charge >= 0.3 is 60.8 Å². The highest BCUT2D eigenvalue weighted by molar-refractivity contribution is 7.60. The second kappa shape index (κ2) is 55.8. The topological polar surface area (TPSA) is 384 Å². The number of hydrogen-bond acceptors (Lipinski definition) is 32. The van der Waals surface area contributed by atoms with Crippen molar-refractivity contribution >= 4 is 60.8 Å².